The van der Waals surface area contributed by atoms with Gasteiger partial charge in [0.15, 0.2) is 0 Å². The van der Waals surface area contributed by atoms with Gasteiger partial charge in [0, 0.05) is 18.5 Å². The number of nitrogens with two attached hydrogens (primary N) is 1. The largest absolute Gasteiger partial charge is 0.421 e. The predicted octanol–water partition coefficient (Wildman–Crippen LogP) is 3.66. The number of hydrogen-bond acceptors (Lipinski definition) is 4. The number of rotatable bonds is 2. The van der Waals surface area contributed by atoms with Gasteiger partial charge in [-0.1, -0.05) is 30.3 Å². The molecule has 1 aliphatic carbocycles. The Morgan fingerprint density at radius 1 is 1.05 bits per heavy atom. The molecule has 0 saturated heterocycles. The van der Waals surface area contributed by atoms with Crippen LogP contribution in [0.2, 0.25) is 0 Å². The van der Waals surface area contributed by atoms with Crippen LogP contribution >= 0.6 is 0 Å². The maximum absolute atomic E-state index is 6.17. The summed E-state index contributed by atoms with van der Waals surface area (Å²) in [6, 6.07) is 14.8. The van der Waals surface area contributed by atoms with E-state index in [0.717, 1.165) is 18.4 Å². The molecule has 3 aromatic rings. The zero-order valence-corrected chi connectivity index (χ0v) is 12.4. The van der Waals surface area contributed by atoms with Crippen molar-refractivity contribution in [2.24, 2.45) is 5.73 Å². The molecule has 110 valence electrons. The monoisotopic (exact) mass is 291 g/mol. The van der Waals surface area contributed by atoms with E-state index in [1.165, 1.54) is 22.3 Å². The zero-order valence-electron chi connectivity index (χ0n) is 12.4. The first-order chi connectivity index (χ1) is 10.7. The molecule has 2 N–H and O–H groups in total. The average Bonchev–Trinajstić information content (AvgIpc) is 3.14. The van der Waals surface area contributed by atoms with Gasteiger partial charge in [0.25, 0.3) is 0 Å². The van der Waals surface area contributed by atoms with Gasteiger partial charge in [0.2, 0.25) is 11.8 Å². The molecule has 4 rings (SSSR count). The lowest BCUT2D eigenvalue weighted by Gasteiger charge is -2.10. The number of benzene rings is 2. The lowest BCUT2D eigenvalue weighted by molar-refractivity contribution is 0.533. The van der Waals surface area contributed by atoms with E-state index in [9.17, 15) is 0 Å². The van der Waals surface area contributed by atoms with Crippen LogP contribution in [0.5, 0.6) is 0 Å². The smallest absolute Gasteiger partial charge is 0.247 e. The molecule has 1 heterocycles. The molecule has 0 spiro atoms. The molecule has 1 atom stereocenters. The number of aromatic nitrogens is 2. The lowest BCUT2D eigenvalue weighted by Crippen LogP contribution is -2.04. The van der Waals surface area contributed by atoms with Crippen molar-refractivity contribution in [3.8, 4) is 22.6 Å². The van der Waals surface area contributed by atoms with Crippen molar-refractivity contribution < 1.29 is 4.42 Å². The Balaban J connectivity index is 1.73. The maximum Gasteiger partial charge on any atom is 0.247 e. The Kier molecular flexibility index (Phi) is 3.05. The van der Waals surface area contributed by atoms with Crippen LogP contribution < -0.4 is 5.73 Å². The third-order valence-corrected chi connectivity index (χ3v) is 4.29. The topological polar surface area (TPSA) is 64.9 Å². The van der Waals surface area contributed by atoms with Crippen LogP contribution in [0, 0.1) is 6.92 Å². The summed E-state index contributed by atoms with van der Waals surface area (Å²) in [5.41, 5.74) is 12.3. The highest BCUT2D eigenvalue weighted by Crippen LogP contribution is 2.36. The van der Waals surface area contributed by atoms with Crippen LogP contribution in [0.25, 0.3) is 22.6 Å². The van der Waals surface area contributed by atoms with Crippen molar-refractivity contribution >= 4 is 0 Å². The van der Waals surface area contributed by atoms with E-state index in [1.54, 1.807) is 6.92 Å². The van der Waals surface area contributed by atoms with E-state index in [-0.39, 0.29) is 6.04 Å². The molecule has 22 heavy (non-hydrogen) atoms. The highest BCUT2D eigenvalue weighted by atomic mass is 16.4. The summed E-state index contributed by atoms with van der Waals surface area (Å²) in [5.74, 6) is 1.14. The molecule has 0 unspecified atom stereocenters. The highest BCUT2D eigenvalue weighted by Gasteiger charge is 2.21. The summed E-state index contributed by atoms with van der Waals surface area (Å²) >= 11 is 0. The first kappa shape index (κ1) is 13.2. The van der Waals surface area contributed by atoms with Gasteiger partial charge in [-0.2, -0.15) is 0 Å². The van der Waals surface area contributed by atoms with Gasteiger partial charge in [-0.3, -0.25) is 0 Å². The first-order valence-corrected chi connectivity index (χ1v) is 7.50. The first-order valence-electron chi connectivity index (χ1n) is 7.50. The Morgan fingerprint density at radius 3 is 2.55 bits per heavy atom. The van der Waals surface area contributed by atoms with E-state index in [0.29, 0.717) is 11.8 Å². The van der Waals surface area contributed by atoms with Crippen molar-refractivity contribution in [3.05, 3.63) is 59.5 Å². The Hall–Kier alpha value is -2.46. The minimum atomic E-state index is 0.176. The van der Waals surface area contributed by atoms with Crippen molar-refractivity contribution in [3.63, 3.8) is 0 Å². The third kappa shape index (κ3) is 2.12. The van der Waals surface area contributed by atoms with Gasteiger partial charge < -0.3 is 10.2 Å². The second-order valence-corrected chi connectivity index (χ2v) is 5.72. The normalized spacial score (nSPS) is 16.7. The molecule has 0 aliphatic heterocycles. The summed E-state index contributed by atoms with van der Waals surface area (Å²) < 4.78 is 5.46. The summed E-state index contributed by atoms with van der Waals surface area (Å²) in [6.45, 7) is 1.79. The predicted molar refractivity (Wildman–Crippen MR) is 85.2 cm³/mol. The lowest BCUT2D eigenvalue weighted by atomic mass is 9.96. The Labute approximate surface area is 129 Å². The van der Waals surface area contributed by atoms with Crippen LogP contribution in [0.4, 0.5) is 0 Å². The summed E-state index contributed by atoms with van der Waals surface area (Å²) in [7, 11) is 0. The fourth-order valence-corrected chi connectivity index (χ4v) is 3.16. The van der Waals surface area contributed by atoms with Gasteiger partial charge in [-0.05, 0) is 47.2 Å². The molecule has 0 radical (unpaired) electrons. The van der Waals surface area contributed by atoms with E-state index in [1.807, 2.05) is 12.1 Å². The van der Waals surface area contributed by atoms with Crippen molar-refractivity contribution in [1.29, 1.82) is 0 Å². The van der Waals surface area contributed by atoms with Gasteiger partial charge in [0.1, 0.15) is 0 Å². The molecule has 1 aliphatic rings. The van der Waals surface area contributed by atoms with E-state index < -0.39 is 0 Å². The van der Waals surface area contributed by atoms with Gasteiger partial charge in [-0.15, -0.1) is 10.2 Å². The molecule has 4 nitrogen and oxygen atoms in total. The summed E-state index contributed by atoms with van der Waals surface area (Å²) in [6.07, 6.45) is 2.09. The van der Waals surface area contributed by atoms with Crippen molar-refractivity contribution in [2.75, 3.05) is 0 Å². The molecular formula is C18H17N3O. The molecule has 2 aromatic carbocycles. The summed E-state index contributed by atoms with van der Waals surface area (Å²) in [4.78, 5) is 0. The van der Waals surface area contributed by atoms with E-state index >= 15 is 0 Å². The standard InChI is InChI=1S/C18H17N3O/c1-11-20-21-18(22-11)13-7-5-12(6-8-13)14-3-2-4-16-15(14)9-10-17(16)19/h2-8,17H,9-10,19H2,1H3/t17-/m1/s1. The van der Waals surface area contributed by atoms with Crippen LogP contribution in [-0.2, 0) is 6.42 Å². The molecule has 0 saturated carbocycles. The number of hydrogen-bond donors (Lipinski definition) is 1. The minimum Gasteiger partial charge on any atom is -0.421 e. The quantitative estimate of drug-likeness (QED) is 0.782. The molecule has 0 bridgehead atoms. The second-order valence-electron chi connectivity index (χ2n) is 5.72. The van der Waals surface area contributed by atoms with Crippen LogP contribution in [0.3, 0.4) is 0 Å². The summed E-state index contributed by atoms with van der Waals surface area (Å²) in [5, 5.41) is 7.92. The minimum absolute atomic E-state index is 0.176. The highest BCUT2D eigenvalue weighted by molar-refractivity contribution is 5.72. The molecule has 0 fully saturated rings. The average molecular weight is 291 g/mol. The molecule has 1 aromatic heterocycles. The fraction of sp³-hybridized carbons (Fsp3) is 0.222. The van der Waals surface area contributed by atoms with Gasteiger partial charge >= 0.3 is 0 Å². The Morgan fingerprint density at radius 2 is 1.82 bits per heavy atom. The second kappa shape index (κ2) is 5.07. The van der Waals surface area contributed by atoms with E-state index in [2.05, 4.69) is 40.5 Å². The SMILES string of the molecule is Cc1nnc(-c2ccc(-c3cccc4c3CC[C@H]4N)cc2)o1. The van der Waals surface area contributed by atoms with E-state index in [4.69, 9.17) is 10.2 Å². The third-order valence-electron chi connectivity index (χ3n) is 4.29. The number of nitrogens with zero attached hydrogens (tertiary/aromatic N) is 2. The van der Waals surface area contributed by atoms with Gasteiger partial charge in [0.05, 0.1) is 0 Å². The van der Waals surface area contributed by atoms with Crippen LogP contribution in [-0.4, -0.2) is 10.2 Å². The molecule has 0 amide bonds. The molecular weight excluding hydrogens is 274 g/mol. The molecule has 4 heteroatoms. The zero-order chi connectivity index (χ0) is 15.1. The van der Waals surface area contributed by atoms with Crippen molar-refractivity contribution in [1.82, 2.24) is 10.2 Å². The maximum atomic E-state index is 6.17. The van der Waals surface area contributed by atoms with Crippen molar-refractivity contribution in [2.45, 2.75) is 25.8 Å². The number of aryl methyl sites for hydroxylation is 1. The fourth-order valence-electron chi connectivity index (χ4n) is 3.16. The number of fused-ring (bicyclic) bond motifs is 1. The van der Waals surface area contributed by atoms with Crippen LogP contribution in [0.1, 0.15) is 29.5 Å². The van der Waals surface area contributed by atoms with Gasteiger partial charge in [-0.25, -0.2) is 0 Å². The van der Waals surface area contributed by atoms with Crippen LogP contribution in [0.15, 0.2) is 46.9 Å². The Bertz CT molecular complexity index is 821.